The van der Waals surface area contributed by atoms with E-state index in [0.717, 1.165) is 43.5 Å². The molecule has 8 nitrogen and oxygen atoms in total. The van der Waals surface area contributed by atoms with E-state index < -0.39 is 12.2 Å². The molecule has 2 atom stereocenters. The highest BCUT2D eigenvalue weighted by Crippen LogP contribution is 2.36. The topological polar surface area (TPSA) is 85.7 Å². The van der Waals surface area contributed by atoms with Crippen LogP contribution in [0.2, 0.25) is 0 Å². The number of halogens is 1. The SMILES string of the molecule is COC(=O)NCCCc1cc([C@@H](C)N(C(=O)[C@H]2CCCCO2)C2CC2)nn1-c1ccccc1F. The number of rotatable bonds is 9. The molecule has 2 amide bonds. The lowest BCUT2D eigenvalue weighted by molar-refractivity contribution is -0.149. The van der Waals surface area contributed by atoms with Gasteiger partial charge in [0.25, 0.3) is 5.91 Å². The van der Waals surface area contributed by atoms with Crippen molar-refractivity contribution >= 4 is 12.0 Å². The standard InChI is InChI=1S/C25H33FN4O4/c1-17(29(18-12-13-18)24(31)23-11-5-6-15-34-23)21-16-19(8-7-14-27-25(32)33-2)30(28-21)22-10-4-3-9-20(22)26/h3-4,9-10,16-18,23H,5-8,11-15H2,1-2H3,(H,27,32)/t17-,23-/m1/s1. The number of carbonyl (C=O) groups is 2. The van der Waals surface area contributed by atoms with E-state index in [9.17, 15) is 14.0 Å². The molecule has 2 fully saturated rings. The Morgan fingerprint density at radius 1 is 1.29 bits per heavy atom. The molecule has 4 rings (SSSR count). The first-order valence-corrected chi connectivity index (χ1v) is 12.1. The second-order valence-electron chi connectivity index (χ2n) is 8.95. The predicted molar refractivity (Wildman–Crippen MR) is 124 cm³/mol. The number of aromatic nitrogens is 2. The molecular weight excluding hydrogens is 439 g/mol. The molecular formula is C25H33FN4O4. The molecule has 1 aromatic heterocycles. The van der Waals surface area contributed by atoms with Crippen LogP contribution in [0.25, 0.3) is 5.69 Å². The number of methoxy groups -OCH3 is 1. The Labute approximate surface area is 199 Å². The number of ether oxygens (including phenoxy) is 2. The summed E-state index contributed by atoms with van der Waals surface area (Å²) in [4.78, 5) is 26.6. The van der Waals surface area contributed by atoms with Crippen LogP contribution in [0.15, 0.2) is 30.3 Å². The highest BCUT2D eigenvalue weighted by atomic mass is 19.1. The lowest BCUT2D eigenvalue weighted by atomic mass is 10.1. The van der Waals surface area contributed by atoms with Gasteiger partial charge in [0.15, 0.2) is 0 Å². The molecule has 1 saturated heterocycles. The maximum Gasteiger partial charge on any atom is 0.406 e. The van der Waals surface area contributed by atoms with Gasteiger partial charge in [0.2, 0.25) is 0 Å². The molecule has 9 heteroatoms. The van der Waals surface area contributed by atoms with E-state index in [0.29, 0.717) is 31.7 Å². The number of carbonyl (C=O) groups excluding carboxylic acids is 2. The van der Waals surface area contributed by atoms with Crippen molar-refractivity contribution < 1.29 is 23.5 Å². The first-order valence-electron chi connectivity index (χ1n) is 12.1. The molecule has 2 heterocycles. The monoisotopic (exact) mass is 472 g/mol. The van der Waals surface area contributed by atoms with Gasteiger partial charge in [-0.25, -0.2) is 13.9 Å². The first kappa shape index (κ1) is 24.2. The number of nitrogens with zero attached hydrogens (tertiary/aromatic N) is 3. The van der Waals surface area contributed by atoms with Crippen molar-refractivity contribution in [3.8, 4) is 5.69 Å². The lowest BCUT2D eigenvalue weighted by Gasteiger charge is -2.33. The fraction of sp³-hybridized carbons (Fsp3) is 0.560. The van der Waals surface area contributed by atoms with E-state index >= 15 is 0 Å². The number of para-hydroxylation sites is 1. The summed E-state index contributed by atoms with van der Waals surface area (Å²) in [5.41, 5.74) is 1.89. The quantitative estimate of drug-likeness (QED) is 0.559. The number of alkyl carbamates (subject to hydrolysis) is 1. The van der Waals surface area contributed by atoms with Crippen molar-refractivity contribution in [3.05, 3.63) is 47.5 Å². The van der Waals surface area contributed by atoms with Gasteiger partial charge in [0, 0.05) is 24.9 Å². The fourth-order valence-corrected chi connectivity index (χ4v) is 4.47. The van der Waals surface area contributed by atoms with Crippen molar-refractivity contribution in [1.82, 2.24) is 20.0 Å². The molecule has 2 aromatic rings. The van der Waals surface area contributed by atoms with Gasteiger partial charge in [-0.2, -0.15) is 5.10 Å². The Kier molecular flexibility index (Phi) is 7.82. The van der Waals surface area contributed by atoms with E-state index in [1.165, 1.54) is 13.2 Å². The summed E-state index contributed by atoms with van der Waals surface area (Å²) >= 11 is 0. The molecule has 0 bridgehead atoms. The van der Waals surface area contributed by atoms with Crippen LogP contribution >= 0.6 is 0 Å². The maximum absolute atomic E-state index is 14.7. The minimum Gasteiger partial charge on any atom is -0.453 e. The van der Waals surface area contributed by atoms with Gasteiger partial charge in [-0.05, 0) is 70.1 Å². The molecule has 0 radical (unpaired) electrons. The second-order valence-corrected chi connectivity index (χ2v) is 8.95. The Hall–Kier alpha value is -2.94. The number of amides is 2. The zero-order chi connectivity index (χ0) is 24.1. The highest BCUT2D eigenvalue weighted by Gasteiger charge is 2.40. The molecule has 1 aromatic carbocycles. The normalized spacial score (nSPS) is 18.9. The molecule has 2 aliphatic rings. The van der Waals surface area contributed by atoms with E-state index in [4.69, 9.17) is 9.84 Å². The number of hydrogen-bond acceptors (Lipinski definition) is 5. The summed E-state index contributed by atoms with van der Waals surface area (Å²) in [6.45, 7) is 3.02. The van der Waals surface area contributed by atoms with Gasteiger partial charge in [-0.15, -0.1) is 0 Å². The van der Waals surface area contributed by atoms with Crippen LogP contribution in [0, 0.1) is 5.82 Å². The smallest absolute Gasteiger partial charge is 0.406 e. The Morgan fingerprint density at radius 3 is 2.76 bits per heavy atom. The Morgan fingerprint density at radius 2 is 2.09 bits per heavy atom. The number of aryl methyl sites for hydroxylation is 1. The molecule has 34 heavy (non-hydrogen) atoms. The average molecular weight is 473 g/mol. The zero-order valence-electron chi connectivity index (χ0n) is 19.8. The van der Waals surface area contributed by atoms with Gasteiger partial charge in [-0.3, -0.25) is 4.79 Å². The van der Waals surface area contributed by atoms with E-state index in [-0.39, 0.29) is 23.8 Å². The molecule has 1 N–H and O–H groups in total. The first-order chi connectivity index (χ1) is 16.5. The predicted octanol–water partition coefficient (Wildman–Crippen LogP) is 3.92. The third-order valence-corrected chi connectivity index (χ3v) is 6.44. The summed E-state index contributed by atoms with van der Waals surface area (Å²) in [5.74, 6) is -0.344. The Balaban J connectivity index is 1.58. The van der Waals surface area contributed by atoms with Crippen molar-refractivity contribution in [2.75, 3.05) is 20.3 Å². The Bertz CT molecular complexity index is 1000. The molecule has 1 aliphatic heterocycles. The summed E-state index contributed by atoms with van der Waals surface area (Å²) in [7, 11) is 1.32. The van der Waals surface area contributed by atoms with Crippen LogP contribution < -0.4 is 5.32 Å². The highest BCUT2D eigenvalue weighted by molar-refractivity contribution is 5.82. The number of hydrogen-bond donors (Lipinski definition) is 1. The summed E-state index contributed by atoms with van der Waals surface area (Å²) in [6, 6.07) is 8.38. The van der Waals surface area contributed by atoms with Crippen molar-refractivity contribution in [2.24, 2.45) is 0 Å². The third kappa shape index (κ3) is 5.58. The minimum atomic E-state index is -0.486. The van der Waals surface area contributed by atoms with E-state index in [1.54, 1.807) is 22.9 Å². The van der Waals surface area contributed by atoms with Crippen molar-refractivity contribution in [2.45, 2.75) is 70.1 Å². The average Bonchev–Trinajstić information content (AvgIpc) is 3.60. The van der Waals surface area contributed by atoms with Crippen LogP contribution in [0.4, 0.5) is 9.18 Å². The molecule has 0 unspecified atom stereocenters. The van der Waals surface area contributed by atoms with Gasteiger partial charge in [-0.1, -0.05) is 12.1 Å². The fourth-order valence-electron chi connectivity index (χ4n) is 4.47. The van der Waals surface area contributed by atoms with Gasteiger partial charge in [0.1, 0.15) is 17.6 Å². The second kappa shape index (κ2) is 11.0. The summed E-state index contributed by atoms with van der Waals surface area (Å²) < 4.78 is 26.7. The van der Waals surface area contributed by atoms with Crippen LogP contribution in [0.5, 0.6) is 0 Å². The van der Waals surface area contributed by atoms with Crippen LogP contribution in [0.3, 0.4) is 0 Å². The third-order valence-electron chi connectivity index (χ3n) is 6.44. The maximum atomic E-state index is 14.7. The lowest BCUT2D eigenvalue weighted by Crippen LogP contribution is -2.44. The van der Waals surface area contributed by atoms with Crippen molar-refractivity contribution in [3.63, 3.8) is 0 Å². The molecule has 0 spiro atoms. The van der Waals surface area contributed by atoms with Crippen LogP contribution in [-0.2, 0) is 20.7 Å². The summed E-state index contributed by atoms with van der Waals surface area (Å²) in [6.07, 6.45) is 5.00. The molecule has 184 valence electrons. The summed E-state index contributed by atoms with van der Waals surface area (Å²) in [5, 5.41) is 7.42. The molecule has 1 saturated carbocycles. The molecule has 1 aliphatic carbocycles. The van der Waals surface area contributed by atoms with Gasteiger partial charge >= 0.3 is 6.09 Å². The van der Waals surface area contributed by atoms with Crippen molar-refractivity contribution in [1.29, 1.82) is 0 Å². The number of nitrogens with one attached hydrogen (secondary N) is 1. The zero-order valence-corrected chi connectivity index (χ0v) is 19.8. The van der Waals surface area contributed by atoms with E-state index in [2.05, 4.69) is 10.1 Å². The van der Waals surface area contributed by atoms with E-state index in [1.807, 2.05) is 17.9 Å². The van der Waals surface area contributed by atoms with Gasteiger partial charge in [0.05, 0.1) is 18.8 Å². The van der Waals surface area contributed by atoms with Crippen LogP contribution in [-0.4, -0.2) is 59.1 Å². The minimum absolute atomic E-state index is 0.0268. The number of benzene rings is 1. The largest absolute Gasteiger partial charge is 0.453 e. The van der Waals surface area contributed by atoms with Crippen LogP contribution in [0.1, 0.15) is 62.9 Å². The van der Waals surface area contributed by atoms with Gasteiger partial charge < -0.3 is 19.7 Å².